The molecule has 1 aliphatic rings. The predicted octanol–water partition coefficient (Wildman–Crippen LogP) is 3.95. The van der Waals surface area contributed by atoms with Crippen LogP contribution in [0, 0.1) is 0 Å². The van der Waals surface area contributed by atoms with Crippen LogP contribution in [0.3, 0.4) is 0 Å². The van der Waals surface area contributed by atoms with Crippen LogP contribution in [0.1, 0.15) is 37.8 Å². The first-order valence-electron chi connectivity index (χ1n) is 9.94. The Hall–Kier alpha value is -2.17. The smallest absolute Gasteiger partial charge is 0.241 e. The van der Waals surface area contributed by atoms with Gasteiger partial charge in [-0.2, -0.15) is 0 Å². The molecule has 0 aliphatic carbocycles. The molecule has 27 heavy (non-hydrogen) atoms. The van der Waals surface area contributed by atoms with Gasteiger partial charge in [0.25, 0.3) is 0 Å². The van der Waals surface area contributed by atoms with Crippen LogP contribution in [0.15, 0.2) is 54.6 Å². The third-order valence-electron chi connectivity index (χ3n) is 5.42. The Balaban J connectivity index is 1.53. The third-order valence-corrected chi connectivity index (χ3v) is 5.42. The number of para-hydroxylation sites is 1. The minimum absolute atomic E-state index is 0.0830. The maximum absolute atomic E-state index is 12.8. The molecule has 0 bridgehead atoms. The molecule has 1 amide bonds. The molecule has 4 heteroatoms. The number of nitrogens with zero attached hydrogens (tertiary/aromatic N) is 2. The lowest BCUT2D eigenvalue weighted by atomic mass is 10.0. The van der Waals surface area contributed by atoms with E-state index in [1.54, 1.807) is 0 Å². The van der Waals surface area contributed by atoms with E-state index in [0.717, 1.165) is 38.4 Å². The van der Waals surface area contributed by atoms with E-state index in [9.17, 15) is 4.79 Å². The van der Waals surface area contributed by atoms with Gasteiger partial charge in [-0.1, -0.05) is 62.4 Å². The van der Waals surface area contributed by atoms with Gasteiger partial charge in [0.15, 0.2) is 0 Å². The fourth-order valence-electron chi connectivity index (χ4n) is 3.67. The number of hydrogen-bond donors (Lipinski definition) is 1. The molecule has 1 aliphatic heterocycles. The van der Waals surface area contributed by atoms with Crippen molar-refractivity contribution in [2.24, 2.45) is 0 Å². The second-order valence-corrected chi connectivity index (χ2v) is 7.70. The number of rotatable bonds is 6. The maximum atomic E-state index is 12.8. The summed E-state index contributed by atoms with van der Waals surface area (Å²) < 4.78 is 0. The second-order valence-electron chi connectivity index (χ2n) is 7.70. The Labute approximate surface area is 163 Å². The summed E-state index contributed by atoms with van der Waals surface area (Å²) in [5.74, 6) is 0.470. The molecular weight excluding hydrogens is 334 g/mol. The van der Waals surface area contributed by atoms with Crippen molar-refractivity contribution in [2.75, 3.05) is 31.5 Å². The van der Waals surface area contributed by atoms with Gasteiger partial charge in [0, 0.05) is 38.4 Å². The van der Waals surface area contributed by atoms with Crippen LogP contribution >= 0.6 is 0 Å². The van der Waals surface area contributed by atoms with Crippen LogP contribution in [0.5, 0.6) is 0 Å². The zero-order valence-electron chi connectivity index (χ0n) is 16.7. The third kappa shape index (κ3) is 5.18. The quantitative estimate of drug-likeness (QED) is 0.842. The van der Waals surface area contributed by atoms with E-state index in [1.807, 2.05) is 25.1 Å². The molecule has 0 saturated carbocycles. The lowest BCUT2D eigenvalue weighted by molar-refractivity contribution is -0.121. The van der Waals surface area contributed by atoms with Gasteiger partial charge in [0.05, 0.1) is 6.04 Å². The monoisotopic (exact) mass is 365 g/mol. The molecule has 2 aromatic rings. The molecular formula is C23H31N3O. The zero-order chi connectivity index (χ0) is 19.2. The van der Waals surface area contributed by atoms with E-state index < -0.39 is 0 Å². The van der Waals surface area contributed by atoms with Crippen LogP contribution in [0.2, 0.25) is 0 Å². The molecule has 1 saturated heterocycles. The molecule has 0 unspecified atom stereocenters. The number of nitrogens with one attached hydrogen (secondary N) is 1. The number of piperazine rings is 1. The summed E-state index contributed by atoms with van der Waals surface area (Å²) in [7, 11) is 0. The highest BCUT2D eigenvalue weighted by Gasteiger charge is 2.26. The molecule has 144 valence electrons. The summed E-state index contributed by atoms with van der Waals surface area (Å²) in [6, 6.07) is 18.6. The van der Waals surface area contributed by atoms with Crippen molar-refractivity contribution < 1.29 is 4.79 Å². The summed E-state index contributed by atoms with van der Waals surface area (Å²) >= 11 is 0. The summed E-state index contributed by atoms with van der Waals surface area (Å²) in [6.45, 7) is 11.1. The van der Waals surface area contributed by atoms with Crippen molar-refractivity contribution >= 4 is 11.6 Å². The Bertz CT molecular complexity index is 736. The van der Waals surface area contributed by atoms with Gasteiger partial charge in [0.2, 0.25) is 5.91 Å². The van der Waals surface area contributed by atoms with Gasteiger partial charge in [-0.15, -0.1) is 0 Å². The lowest BCUT2D eigenvalue weighted by Crippen LogP contribution is -2.52. The molecule has 1 fully saturated rings. The SMILES string of the molecule is CC(C)c1ccccc1NC(=O)[C@H](C)N1CCN(Cc2ccccc2)CC1. The van der Waals surface area contributed by atoms with E-state index >= 15 is 0 Å². The number of benzene rings is 2. The van der Waals surface area contributed by atoms with E-state index in [1.165, 1.54) is 11.1 Å². The molecule has 0 radical (unpaired) electrons. The lowest BCUT2D eigenvalue weighted by Gasteiger charge is -2.37. The van der Waals surface area contributed by atoms with Crippen molar-refractivity contribution in [3.8, 4) is 0 Å². The topological polar surface area (TPSA) is 35.6 Å². The van der Waals surface area contributed by atoms with Gasteiger partial charge >= 0.3 is 0 Å². The average molecular weight is 366 g/mol. The van der Waals surface area contributed by atoms with Crippen molar-refractivity contribution in [1.29, 1.82) is 0 Å². The van der Waals surface area contributed by atoms with E-state index in [2.05, 4.69) is 65.4 Å². The Morgan fingerprint density at radius 1 is 0.926 bits per heavy atom. The summed E-state index contributed by atoms with van der Waals surface area (Å²) in [5.41, 5.74) is 3.47. The summed E-state index contributed by atoms with van der Waals surface area (Å²) in [4.78, 5) is 17.5. The van der Waals surface area contributed by atoms with Crippen LogP contribution in [0.4, 0.5) is 5.69 Å². The minimum atomic E-state index is -0.121. The van der Waals surface area contributed by atoms with Gasteiger partial charge in [-0.05, 0) is 30.0 Å². The molecule has 1 heterocycles. The zero-order valence-corrected chi connectivity index (χ0v) is 16.7. The fourth-order valence-corrected chi connectivity index (χ4v) is 3.67. The van der Waals surface area contributed by atoms with Crippen molar-refractivity contribution in [3.05, 3.63) is 65.7 Å². The number of hydrogen-bond acceptors (Lipinski definition) is 3. The predicted molar refractivity (Wildman–Crippen MR) is 112 cm³/mol. The van der Waals surface area contributed by atoms with Gasteiger partial charge in [0.1, 0.15) is 0 Å². The number of carbonyl (C=O) groups excluding carboxylic acids is 1. The largest absolute Gasteiger partial charge is 0.324 e. The second kappa shape index (κ2) is 9.16. The average Bonchev–Trinajstić information content (AvgIpc) is 2.69. The highest BCUT2D eigenvalue weighted by atomic mass is 16.2. The molecule has 0 aromatic heterocycles. The van der Waals surface area contributed by atoms with Gasteiger partial charge in [-0.3, -0.25) is 14.6 Å². The molecule has 4 nitrogen and oxygen atoms in total. The molecule has 2 aromatic carbocycles. The number of anilines is 1. The first-order chi connectivity index (χ1) is 13.0. The minimum Gasteiger partial charge on any atom is -0.324 e. The molecule has 1 atom stereocenters. The maximum Gasteiger partial charge on any atom is 0.241 e. The first kappa shape index (κ1) is 19.6. The highest BCUT2D eigenvalue weighted by Crippen LogP contribution is 2.24. The Kier molecular flexibility index (Phi) is 6.64. The molecule has 0 spiro atoms. The van der Waals surface area contributed by atoms with E-state index in [0.29, 0.717) is 5.92 Å². The van der Waals surface area contributed by atoms with Crippen LogP contribution in [-0.4, -0.2) is 47.9 Å². The standard InChI is InChI=1S/C23H31N3O/c1-18(2)21-11-7-8-12-22(21)24-23(27)19(3)26-15-13-25(14-16-26)17-20-9-5-4-6-10-20/h4-12,18-19H,13-17H2,1-3H3,(H,24,27)/t19-/m0/s1. The summed E-state index contributed by atoms with van der Waals surface area (Å²) in [5, 5.41) is 3.15. The van der Waals surface area contributed by atoms with Crippen LogP contribution < -0.4 is 5.32 Å². The van der Waals surface area contributed by atoms with Crippen molar-refractivity contribution in [3.63, 3.8) is 0 Å². The van der Waals surface area contributed by atoms with Crippen molar-refractivity contribution in [2.45, 2.75) is 39.3 Å². The van der Waals surface area contributed by atoms with E-state index in [-0.39, 0.29) is 11.9 Å². The molecule has 3 rings (SSSR count). The summed E-state index contributed by atoms with van der Waals surface area (Å²) in [6.07, 6.45) is 0. The Morgan fingerprint density at radius 2 is 1.56 bits per heavy atom. The molecule has 1 N–H and O–H groups in total. The van der Waals surface area contributed by atoms with Crippen LogP contribution in [0.25, 0.3) is 0 Å². The van der Waals surface area contributed by atoms with Gasteiger partial charge < -0.3 is 5.32 Å². The normalized spacial score (nSPS) is 17.0. The highest BCUT2D eigenvalue weighted by molar-refractivity contribution is 5.95. The van der Waals surface area contributed by atoms with Gasteiger partial charge in [-0.25, -0.2) is 0 Å². The van der Waals surface area contributed by atoms with Crippen molar-refractivity contribution in [1.82, 2.24) is 9.80 Å². The van der Waals surface area contributed by atoms with Crippen LogP contribution in [-0.2, 0) is 11.3 Å². The Morgan fingerprint density at radius 3 is 2.22 bits per heavy atom. The van der Waals surface area contributed by atoms with E-state index in [4.69, 9.17) is 0 Å². The number of amides is 1. The number of carbonyl (C=O) groups is 1. The first-order valence-corrected chi connectivity index (χ1v) is 9.94. The fraction of sp³-hybridized carbons (Fsp3) is 0.435.